The smallest absolute Gasteiger partial charge is 0.164 e. The van der Waals surface area contributed by atoms with Crippen molar-refractivity contribution < 1.29 is 14.2 Å². The number of hydrogen-bond acceptors (Lipinski definition) is 5. The van der Waals surface area contributed by atoms with E-state index < -0.39 is 0 Å². The molecule has 5 nitrogen and oxygen atoms in total. The normalized spacial score (nSPS) is 21.7. The molecule has 0 radical (unpaired) electrons. The molecule has 2 aliphatic heterocycles. The predicted octanol–water partition coefficient (Wildman–Crippen LogP) is 2.59. The lowest BCUT2D eigenvalue weighted by molar-refractivity contribution is 0.189. The highest BCUT2D eigenvalue weighted by molar-refractivity contribution is 5.51. The molecule has 0 saturated carbocycles. The molecular formula is C17H22N2O3. The molecule has 2 heterocycles. The third-order valence-electron chi connectivity index (χ3n) is 4.23. The average molecular weight is 302 g/mol. The van der Waals surface area contributed by atoms with E-state index in [0.717, 1.165) is 61.7 Å². The summed E-state index contributed by atoms with van der Waals surface area (Å²) in [6.07, 6.45) is 2.97. The van der Waals surface area contributed by atoms with Gasteiger partial charge in [-0.25, -0.2) is 0 Å². The van der Waals surface area contributed by atoms with Gasteiger partial charge in [-0.1, -0.05) is 0 Å². The van der Waals surface area contributed by atoms with Gasteiger partial charge in [0.05, 0.1) is 32.3 Å². The fourth-order valence-corrected chi connectivity index (χ4v) is 3.09. The number of methoxy groups -OCH3 is 1. The number of hydrogen-bond donors (Lipinski definition) is 0. The molecule has 0 unspecified atom stereocenters. The van der Waals surface area contributed by atoms with Gasteiger partial charge in [0, 0.05) is 31.1 Å². The standard InChI is InChI=1S/C17H22N2O3/c1-20-15-9-17-16(21-6-3-7-22-17)8-14(15)12-19-5-2-4-13(10-18)11-19/h8-9,13H,2-7,11-12H2,1H3/t13-/m0/s1. The Morgan fingerprint density at radius 1 is 1.27 bits per heavy atom. The molecule has 0 aromatic heterocycles. The number of ether oxygens (including phenoxy) is 3. The first-order valence-corrected chi connectivity index (χ1v) is 7.88. The van der Waals surface area contributed by atoms with Crippen LogP contribution in [0.5, 0.6) is 17.2 Å². The first kappa shape index (κ1) is 15.0. The van der Waals surface area contributed by atoms with E-state index in [4.69, 9.17) is 19.5 Å². The topological polar surface area (TPSA) is 54.7 Å². The SMILES string of the molecule is COc1cc2c(cc1CN1CCC[C@@H](C#N)C1)OCCCO2. The zero-order valence-corrected chi connectivity index (χ0v) is 13.0. The van der Waals surface area contributed by atoms with Crippen LogP contribution in [0.25, 0.3) is 0 Å². The van der Waals surface area contributed by atoms with E-state index in [2.05, 4.69) is 11.0 Å². The van der Waals surface area contributed by atoms with Crippen LogP contribution in [0.2, 0.25) is 0 Å². The van der Waals surface area contributed by atoms with E-state index in [9.17, 15) is 0 Å². The summed E-state index contributed by atoms with van der Waals surface area (Å²) in [5, 5.41) is 9.13. The summed E-state index contributed by atoms with van der Waals surface area (Å²) < 4.78 is 17.0. The first-order valence-electron chi connectivity index (χ1n) is 7.88. The van der Waals surface area contributed by atoms with E-state index in [1.807, 2.05) is 12.1 Å². The van der Waals surface area contributed by atoms with Gasteiger partial charge in [-0.3, -0.25) is 4.90 Å². The van der Waals surface area contributed by atoms with Crippen LogP contribution in [-0.2, 0) is 6.54 Å². The van der Waals surface area contributed by atoms with E-state index in [-0.39, 0.29) is 5.92 Å². The minimum absolute atomic E-state index is 0.139. The largest absolute Gasteiger partial charge is 0.496 e. The highest BCUT2D eigenvalue weighted by Gasteiger charge is 2.22. The second kappa shape index (κ2) is 6.89. The van der Waals surface area contributed by atoms with Crippen molar-refractivity contribution in [2.75, 3.05) is 33.4 Å². The Kier molecular flexibility index (Phi) is 4.69. The number of nitrogens with zero attached hydrogens (tertiary/aromatic N) is 2. The molecule has 5 heteroatoms. The molecule has 22 heavy (non-hydrogen) atoms. The Morgan fingerprint density at radius 2 is 2.05 bits per heavy atom. The van der Waals surface area contributed by atoms with Crippen molar-refractivity contribution in [1.82, 2.24) is 4.90 Å². The van der Waals surface area contributed by atoms with Crippen LogP contribution in [0.3, 0.4) is 0 Å². The van der Waals surface area contributed by atoms with Gasteiger partial charge in [0.25, 0.3) is 0 Å². The second-order valence-corrected chi connectivity index (χ2v) is 5.86. The van der Waals surface area contributed by atoms with Crippen LogP contribution in [0, 0.1) is 17.2 Å². The van der Waals surface area contributed by atoms with Gasteiger partial charge in [0.1, 0.15) is 5.75 Å². The number of piperidine rings is 1. The molecule has 1 saturated heterocycles. The molecular weight excluding hydrogens is 280 g/mol. The van der Waals surface area contributed by atoms with Gasteiger partial charge >= 0.3 is 0 Å². The van der Waals surface area contributed by atoms with Crippen LogP contribution in [0.15, 0.2) is 12.1 Å². The van der Waals surface area contributed by atoms with Crippen molar-refractivity contribution in [3.8, 4) is 23.3 Å². The summed E-state index contributed by atoms with van der Waals surface area (Å²) in [5.41, 5.74) is 1.09. The molecule has 118 valence electrons. The van der Waals surface area contributed by atoms with Gasteiger partial charge in [0.2, 0.25) is 0 Å². The Hall–Kier alpha value is -1.93. The summed E-state index contributed by atoms with van der Waals surface area (Å²) in [4.78, 5) is 2.32. The molecule has 0 bridgehead atoms. The summed E-state index contributed by atoms with van der Waals surface area (Å²) in [7, 11) is 1.68. The molecule has 0 aliphatic carbocycles. The third kappa shape index (κ3) is 3.28. The van der Waals surface area contributed by atoms with Crippen LogP contribution in [0.1, 0.15) is 24.8 Å². The second-order valence-electron chi connectivity index (χ2n) is 5.86. The zero-order valence-electron chi connectivity index (χ0n) is 13.0. The number of nitriles is 1. The fraction of sp³-hybridized carbons (Fsp3) is 0.588. The number of fused-ring (bicyclic) bond motifs is 1. The van der Waals surface area contributed by atoms with Crippen molar-refractivity contribution in [2.45, 2.75) is 25.8 Å². The van der Waals surface area contributed by atoms with Gasteiger partial charge in [0.15, 0.2) is 11.5 Å². The maximum Gasteiger partial charge on any atom is 0.164 e. The van der Waals surface area contributed by atoms with E-state index in [0.29, 0.717) is 13.2 Å². The van der Waals surface area contributed by atoms with Crippen molar-refractivity contribution in [2.24, 2.45) is 5.92 Å². The van der Waals surface area contributed by atoms with Crippen molar-refractivity contribution in [3.05, 3.63) is 17.7 Å². The molecule has 1 fully saturated rings. The van der Waals surface area contributed by atoms with Crippen molar-refractivity contribution in [1.29, 1.82) is 5.26 Å². The minimum Gasteiger partial charge on any atom is -0.496 e. The highest BCUT2D eigenvalue weighted by atomic mass is 16.5. The molecule has 2 aliphatic rings. The van der Waals surface area contributed by atoms with E-state index >= 15 is 0 Å². The lowest BCUT2D eigenvalue weighted by Crippen LogP contribution is -2.34. The lowest BCUT2D eigenvalue weighted by Gasteiger charge is -2.30. The lowest BCUT2D eigenvalue weighted by atomic mass is 9.99. The Morgan fingerprint density at radius 3 is 2.77 bits per heavy atom. The highest BCUT2D eigenvalue weighted by Crippen LogP contribution is 2.37. The van der Waals surface area contributed by atoms with Crippen LogP contribution in [0.4, 0.5) is 0 Å². The molecule has 0 N–H and O–H groups in total. The van der Waals surface area contributed by atoms with Gasteiger partial charge in [-0.05, 0) is 25.5 Å². The first-order chi connectivity index (χ1) is 10.8. The van der Waals surface area contributed by atoms with Crippen LogP contribution in [-0.4, -0.2) is 38.3 Å². The van der Waals surface area contributed by atoms with Gasteiger partial charge < -0.3 is 14.2 Å². The van der Waals surface area contributed by atoms with E-state index in [1.165, 1.54) is 0 Å². The molecule has 3 rings (SSSR count). The molecule has 0 spiro atoms. The summed E-state index contributed by atoms with van der Waals surface area (Å²) >= 11 is 0. The van der Waals surface area contributed by atoms with Crippen molar-refractivity contribution >= 4 is 0 Å². The summed E-state index contributed by atoms with van der Waals surface area (Å²) in [5.74, 6) is 2.51. The molecule has 1 aromatic rings. The Bertz CT molecular complexity index is 568. The Balaban J connectivity index is 1.80. The number of likely N-dealkylation sites (tertiary alicyclic amines) is 1. The molecule has 1 aromatic carbocycles. The number of rotatable bonds is 3. The average Bonchev–Trinajstić information content (AvgIpc) is 2.79. The van der Waals surface area contributed by atoms with E-state index in [1.54, 1.807) is 7.11 Å². The van der Waals surface area contributed by atoms with Gasteiger partial charge in [-0.2, -0.15) is 5.26 Å². The monoisotopic (exact) mass is 302 g/mol. The van der Waals surface area contributed by atoms with Gasteiger partial charge in [-0.15, -0.1) is 0 Å². The maximum atomic E-state index is 9.13. The van der Waals surface area contributed by atoms with Crippen LogP contribution >= 0.6 is 0 Å². The predicted molar refractivity (Wildman–Crippen MR) is 82.2 cm³/mol. The summed E-state index contributed by atoms with van der Waals surface area (Å²) in [6.45, 7) is 3.98. The minimum atomic E-state index is 0.139. The Labute approximate surface area is 131 Å². The molecule has 1 atom stereocenters. The summed E-state index contributed by atoms with van der Waals surface area (Å²) in [6, 6.07) is 6.33. The fourth-order valence-electron chi connectivity index (χ4n) is 3.09. The van der Waals surface area contributed by atoms with Crippen LogP contribution < -0.4 is 14.2 Å². The third-order valence-corrected chi connectivity index (χ3v) is 4.23. The van der Waals surface area contributed by atoms with Crippen molar-refractivity contribution in [3.63, 3.8) is 0 Å². The maximum absolute atomic E-state index is 9.13. The quantitative estimate of drug-likeness (QED) is 0.859. The number of benzene rings is 1. The zero-order chi connectivity index (χ0) is 15.4. The molecule has 0 amide bonds.